The van der Waals surface area contributed by atoms with Crippen LogP contribution in [0.15, 0.2) is 11.8 Å². The van der Waals surface area contributed by atoms with E-state index in [1.165, 1.54) is 6.20 Å². The van der Waals surface area contributed by atoms with E-state index in [9.17, 15) is 9.59 Å². The molecular weight excluding hydrogens is 298 g/mol. The predicted octanol–water partition coefficient (Wildman–Crippen LogP) is -0.0600. The van der Waals surface area contributed by atoms with Crippen LogP contribution in [-0.2, 0) is 9.53 Å². The van der Waals surface area contributed by atoms with Gasteiger partial charge in [0.25, 0.3) is 5.91 Å². The first-order valence-electron chi connectivity index (χ1n) is 7.64. The second-order valence-electron chi connectivity index (χ2n) is 6.09. The highest BCUT2D eigenvalue weighted by Crippen LogP contribution is 2.06. The largest absolute Gasteiger partial charge is 0.444 e. The van der Waals surface area contributed by atoms with E-state index < -0.39 is 11.7 Å². The Hall–Kier alpha value is -2.27. The fraction of sp³-hybridized carbons (Fsp3) is 0.667. The molecule has 1 aliphatic heterocycles. The third-order valence-electron chi connectivity index (χ3n) is 2.94. The zero-order valence-corrected chi connectivity index (χ0v) is 13.9. The molecule has 0 bridgehead atoms. The number of carbonyl (C=O) groups excluding carboxylic acids is 2. The van der Waals surface area contributed by atoms with Crippen LogP contribution in [0.4, 0.5) is 4.79 Å². The molecule has 0 atom stereocenters. The van der Waals surface area contributed by atoms with Gasteiger partial charge in [-0.25, -0.2) is 4.79 Å². The van der Waals surface area contributed by atoms with Crippen molar-refractivity contribution < 1.29 is 14.3 Å². The van der Waals surface area contributed by atoms with Gasteiger partial charge in [-0.1, -0.05) is 0 Å². The fourth-order valence-corrected chi connectivity index (χ4v) is 1.91. The lowest BCUT2D eigenvalue weighted by molar-refractivity contribution is -0.127. The molecule has 1 fully saturated rings. The van der Waals surface area contributed by atoms with Crippen LogP contribution in [0.3, 0.4) is 0 Å². The number of nitriles is 1. The van der Waals surface area contributed by atoms with E-state index in [0.29, 0.717) is 26.2 Å². The molecule has 0 spiro atoms. The van der Waals surface area contributed by atoms with E-state index in [0.717, 1.165) is 13.1 Å². The van der Waals surface area contributed by atoms with Gasteiger partial charge in [-0.2, -0.15) is 5.26 Å². The zero-order chi connectivity index (χ0) is 17.3. The maximum Gasteiger partial charge on any atom is 0.407 e. The van der Waals surface area contributed by atoms with Gasteiger partial charge in [0.1, 0.15) is 17.2 Å². The summed E-state index contributed by atoms with van der Waals surface area (Å²) in [5.41, 5.74) is -0.481. The summed E-state index contributed by atoms with van der Waals surface area (Å²) < 4.78 is 5.09. The van der Waals surface area contributed by atoms with Crippen LogP contribution in [0.25, 0.3) is 0 Å². The van der Waals surface area contributed by atoms with Crippen LogP contribution in [0.5, 0.6) is 0 Å². The number of carbonyl (C=O) groups is 2. The number of ether oxygens (including phenoxy) is 1. The summed E-state index contributed by atoms with van der Waals surface area (Å²) in [7, 11) is 0. The summed E-state index contributed by atoms with van der Waals surface area (Å²) >= 11 is 0. The first-order valence-corrected chi connectivity index (χ1v) is 7.64. The van der Waals surface area contributed by atoms with E-state index in [2.05, 4.69) is 16.0 Å². The number of hydrogen-bond donors (Lipinski definition) is 3. The van der Waals surface area contributed by atoms with Crippen molar-refractivity contribution in [2.75, 3.05) is 39.3 Å². The molecule has 8 nitrogen and oxygen atoms in total. The number of alkyl carbamates (subject to hydrolysis) is 1. The molecule has 1 heterocycles. The van der Waals surface area contributed by atoms with E-state index in [-0.39, 0.29) is 11.5 Å². The molecule has 0 unspecified atom stereocenters. The molecule has 2 amide bonds. The second kappa shape index (κ2) is 9.00. The molecule has 1 aliphatic rings. The third-order valence-corrected chi connectivity index (χ3v) is 2.94. The van der Waals surface area contributed by atoms with Crippen molar-refractivity contribution in [3.63, 3.8) is 0 Å². The van der Waals surface area contributed by atoms with E-state index in [1.54, 1.807) is 25.7 Å². The Morgan fingerprint density at radius 1 is 1.30 bits per heavy atom. The maximum absolute atomic E-state index is 12.1. The molecule has 0 saturated carbocycles. The molecule has 0 radical (unpaired) electrons. The van der Waals surface area contributed by atoms with Gasteiger partial charge in [-0.05, 0) is 20.8 Å². The summed E-state index contributed by atoms with van der Waals surface area (Å²) in [6.07, 6.45) is 0.891. The normalized spacial score (nSPS) is 15.6. The van der Waals surface area contributed by atoms with Crippen molar-refractivity contribution in [3.05, 3.63) is 11.8 Å². The highest BCUT2D eigenvalue weighted by molar-refractivity contribution is 5.97. The SMILES string of the molecule is CC(C)(C)OC(=O)NCCN/C=C(/C#N)C(=O)N1CCNCC1. The van der Waals surface area contributed by atoms with Crippen LogP contribution in [-0.4, -0.2) is 61.8 Å². The number of nitrogens with zero attached hydrogens (tertiary/aromatic N) is 2. The molecule has 23 heavy (non-hydrogen) atoms. The van der Waals surface area contributed by atoms with Crippen LogP contribution in [0.2, 0.25) is 0 Å². The fourth-order valence-electron chi connectivity index (χ4n) is 1.91. The minimum Gasteiger partial charge on any atom is -0.444 e. The number of nitrogens with one attached hydrogen (secondary N) is 3. The third kappa shape index (κ3) is 7.51. The van der Waals surface area contributed by atoms with Gasteiger partial charge in [0.15, 0.2) is 0 Å². The lowest BCUT2D eigenvalue weighted by Crippen LogP contribution is -2.47. The van der Waals surface area contributed by atoms with E-state index in [4.69, 9.17) is 10.00 Å². The number of piperazine rings is 1. The van der Waals surface area contributed by atoms with E-state index in [1.807, 2.05) is 6.07 Å². The Bertz CT molecular complexity index is 484. The number of amides is 2. The maximum atomic E-state index is 12.1. The zero-order valence-electron chi connectivity index (χ0n) is 13.9. The molecule has 0 aromatic heterocycles. The Labute approximate surface area is 136 Å². The first-order chi connectivity index (χ1) is 10.8. The van der Waals surface area contributed by atoms with Gasteiger partial charge in [0, 0.05) is 45.5 Å². The van der Waals surface area contributed by atoms with Crippen molar-refractivity contribution in [3.8, 4) is 6.07 Å². The molecule has 0 aromatic carbocycles. The summed E-state index contributed by atoms with van der Waals surface area (Å²) in [4.78, 5) is 25.2. The minimum absolute atomic E-state index is 0.0594. The standard InChI is InChI=1S/C15H25N5O3/c1-15(2,3)23-14(22)19-5-4-18-11-12(10-16)13(21)20-8-6-17-7-9-20/h11,17-18H,4-9H2,1-3H3,(H,19,22)/b12-11-. The Morgan fingerprint density at radius 2 is 1.96 bits per heavy atom. The molecule has 1 rings (SSSR count). The Morgan fingerprint density at radius 3 is 2.52 bits per heavy atom. The van der Waals surface area contributed by atoms with Crippen molar-refractivity contribution in [1.82, 2.24) is 20.9 Å². The topological polar surface area (TPSA) is 106 Å². The van der Waals surface area contributed by atoms with E-state index >= 15 is 0 Å². The molecule has 1 saturated heterocycles. The first kappa shape index (κ1) is 18.8. The predicted molar refractivity (Wildman–Crippen MR) is 85.4 cm³/mol. The average molecular weight is 323 g/mol. The number of hydrogen-bond acceptors (Lipinski definition) is 6. The molecule has 3 N–H and O–H groups in total. The van der Waals surface area contributed by atoms with Crippen molar-refractivity contribution in [1.29, 1.82) is 5.26 Å². The highest BCUT2D eigenvalue weighted by Gasteiger charge is 2.20. The van der Waals surface area contributed by atoms with Crippen LogP contribution in [0.1, 0.15) is 20.8 Å². The van der Waals surface area contributed by atoms with Gasteiger partial charge in [0.2, 0.25) is 0 Å². The number of rotatable bonds is 5. The van der Waals surface area contributed by atoms with Crippen molar-refractivity contribution in [2.24, 2.45) is 0 Å². The highest BCUT2D eigenvalue weighted by atomic mass is 16.6. The van der Waals surface area contributed by atoms with Crippen LogP contribution >= 0.6 is 0 Å². The quantitative estimate of drug-likeness (QED) is 0.372. The van der Waals surface area contributed by atoms with Gasteiger partial charge in [-0.15, -0.1) is 0 Å². The Kier molecular flexibility index (Phi) is 7.35. The molecule has 0 aliphatic carbocycles. The van der Waals surface area contributed by atoms with Crippen molar-refractivity contribution >= 4 is 12.0 Å². The average Bonchev–Trinajstić information content (AvgIpc) is 2.49. The molecule has 128 valence electrons. The van der Waals surface area contributed by atoms with Gasteiger partial charge < -0.3 is 25.6 Å². The molecule has 0 aromatic rings. The smallest absolute Gasteiger partial charge is 0.407 e. The minimum atomic E-state index is -0.541. The summed E-state index contributed by atoms with van der Waals surface area (Å²) in [5, 5.41) is 17.7. The molecule has 8 heteroatoms. The lowest BCUT2D eigenvalue weighted by atomic mass is 10.2. The van der Waals surface area contributed by atoms with Gasteiger partial charge in [0.05, 0.1) is 0 Å². The summed E-state index contributed by atoms with van der Waals surface area (Å²) in [6, 6.07) is 1.90. The van der Waals surface area contributed by atoms with Crippen LogP contribution in [0, 0.1) is 11.3 Å². The van der Waals surface area contributed by atoms with Gasteiger partial charge >= 0.3 is 6.09 Å². The summed E-state index contributed by atoms with van der Waals surface area (Å²) in [6.45, 7) is 8.73. The van der Waals surface area contributed by atoms with Crippen LogP contribution < -0.4 is 16.0 Å². The van der Waals surface area contributed by atoms with Gasteiger partial charge in [-0.3, -0.25) is 4.79 Å². The van der Waals surface area contributed by atoms with Crippen molar-refractivity contribution in [2.45, 2.75) is 26.4 Å². The molecular formula is C15H25N5O3. The summed E-state index contributed by atoms with van der Waals surface area (Å²) in [5.74, 6) is -0.276. The lowest BCUT2D eigenvalue weighted by Gasteiger charge is -2.27. The monoisotopic (exact) mass is 323 g/mol. The Balaban J connectivity index is 2.32. The second-order valence-corrected chi connectivity index (χ2v) is 6.09.